The summed E-state index contributed by atoms with van der Waals surface area (Å²) in [5.41, 5.74) is 5.17. The Bertz CT molecular complexity index is 1440. The first-order chi connectivity index (χ1) is 16.8. The molecule has 35 heavy (non-hydrogen) atoms. The first-order valence-corrected chi connectivity index (χ1v) is 12.4. The average Bonchev–Trinajstić information content (AvgIpc) is 3.31. The van der Waals surface area contributed by atoms with Gasteiger partial charge in [-0.3, -0.25) is 4.98 Å². The largest absolute Gasteiger partial charge is 0.506 e. The molecule has 9 heteroatoms. The number of benzene rings is 2. The summed E-state index contributed by atoms with van der Waals surface area (Å²) in [6.45, 7) is 4.07. The van der Waals surface area contributed by atoms with Crippen LogP contribution in [0.3, 0.4) is 0 Å². The van der Waals surface area contributed by atoms with Crippen LogP contribution in [0.25, 0.3) is 5.69 Å². The van der Waals surface area contributed by atoms with E-state index in [1.54, 1.807) is 30.5 Å². The van der Waals surface area contributed by atoms with Crippen molar-refractivity contribution in [3.05, 3.63) is 105 Å². The first kappa shape index (κ1) is 23.9. The van der Waals surface area contributed by atoms with Crippen LogP contribution in [-0.4, -0.2) is 19.8 Å². The lowest BCUT2D eigenvalue weighted by atomic mass is 9.96. The highest BCUT2D eigenvalue weighted by molar-refractivity contribution is 7.80. The molecular weight excluding hydrogens is 523 g/mol. The zero-order valence-corrected chi connectivity index (χ0v) is 21.9. The number of aromatic nitrogens is 2. The Kier molecular flexibility index (Phi) is 6.40. The molecule has 0 aliphatic carbocycles. The molecule has 178 valence electrons. The summed E-state index contributed by atoms with van der Waals surface area (Å²) in [5, 5.41) is 16.3. The second kappa shape index (κ2) is 9.36. The van der Waals surface area contributed by atoms with Gasteiger partial charge < -0.3 is 19.9 Å². The van der Waals surface area contributed by atoms with Crippen molar-refractivity contribution in [2.75, 3.05) is 4.90 Å². The van der Waals surface area contributed by atoms with Crippen LogP contribution in [0.15, 0.2) is 66.9 Å². The smallest absolute Gasteiger partial charge is 0.174 e. The van der Waals surface area contributed by atoms with Gasteiger partial charge in [0.1, 0.15) is 5.75 Å². The van der Waals surface area contributed by atoms with E-state index < -0.39 is 0 Å². The lowest BCUT2D eigenvalue weighted by Gasteiger charge is -2.29. The Hall–Kier alpha value is -2.77. The summed E-state index contributed by atoms with van der Waals surface area (Å²) in [7, 11) is 0. The van der Waals surface area contributed by atoms with Gasteiger partial charge >= 0.3 is 0 Å². The van der Waals surface area contributed by atoms with Crippen molar-refractivity contribution >= 4 is 57.8 Å². The van der Waals surface area contributed by atoms with Gasteiger partial charge in [0.05, 0.1) is 34.2 Å². The number of anilines is 1. The van der Waals surface area contributed by atoms with E-state index in [4.69, 9.17) is 47.0 Å². The third-order valence-electron chi connectivity index (χ3n) is 6.23. The number of halogens is 3. The third kappa shape index (κ3) is 4.25. The van der Waals surface area contributed by atoms with Crippen LogP contribution in [0, 0.1) is 13.8 Å². The van der Waals surface area contributed by atoms with Crippen molar-refractivity contribution in [1.82, 2.24) is 14.9 Å². The Labute approximate surface area is 223 Å². The number of nitrogens with one attached hydrogen (secondary N) is 1. The standard InChI is InChI=1S/C26H21Cl3N4OS/c1-14-11-18(15(2)32(14)21-8-6-16(27)12-19(21)29)25-24(20-5-3-4-10-30-20)31-26(35)33(25)22-13-17(28)7-9-23(22)34/h3-13,24-25,34H,1-2H3,(H,31,35)/t24-,25-/m1/s1. The average molecular weight is 544 g/mol. The fourth-order valence-corrected chi connectivity index (χ4v) is 5.74. The number of aromatic hydroxyl groups is 1. The van der Waals surface area contributed by atoms with Crippen LogP contribution < -0.4 is 10.2 Å². The van der Waals surface area contributed by atoms with E-state index in [0.717, 1.165) is 28.3 Å². The van der Waals surface area contributed by atoms with Crippen LogP contribution in [0.4, 0.5) is 5.69 Å². The number of rotatable bonds is 4. The van der Waals surface area contributed by atoms with Crippen LogP contribution in [0.1, 0.15) is 34.7 Å². The van der Waals surface area contributed by atoms with Gasteiger partial charge in [-0.2, -0.15) is 0 Å². The Morgan fingerprint density at radius 2 is 1.69 bits per heavy atom. The maximum atomic E-state index is 10.8. The zero-order chi connectivity index (χ0) is 24.9. The Morgan fingerprint density at radius 1 is 0.943 bits per heavy atom. The summed E-state index contributed by atoms with van der Waals surface area (Å²) in [4.78, 5) is 6.51. The zero-order valence-electron chi connectivity index (χ0n) is 18.8. The van der Waals surface area contributed by atoms with E-state index in [-0.39, 0.29) is 17.8 Å². The van der Waals surface area contributed by atoms with E-state index in [9.17, 15) is 5.11 Å². The Morgan fingerprint density at radius 3 is 2.40 bits per heavy atom. The highest BCUT2D eigenvalue weighted by Gasteiger charge is 2.43. The maximum Gasteiger partial charge on any atom is 0.174 e. The minimum absolute atomic E-state index is 0.0831. The second-order valence-corrected chi connectivity index (χ2v) is 10.1. The van der Waals surface area contributed by atoms with Gasteiger partial charge in [-0.25, -0.2) is 0 Å². The van der Waals surface area contributed by atoms with Crippen LogP contribution >= 0.6 is 47.0 Å². The molecule has 2 aromatic heterocycles. The summed E-state index contributed by atoms with van der Waals surface area (Å²) >= 11 is 24.8. The van der Waals surface area contributed by atoms with E-state index in [0.29, 0.717) is 25.9 Å². The minimum atomic E-state index is -0.312. The van der Waals surface area contributed by atoms with Gasteiger partial charge in [-0.05, 0) is 86.2 Å². The molecule has 1 fully saturated rings. The number of phenolic OH excluding ortho intramolecular Hbond substituents is 1. The Balaban J connectivity index is 1.72. The van der Waals surface area contributed by atoms with Crippen molar-refractivity contribution < 1.29 is 5.11 Å². The number of pyridine rings is 1. The molecule has 2 aromatic carbocycles. The van der Waals surface area contributed by atoms with E-state index in [1.807, 2.05) is 49.1 Å². The molecule has 0 amide bonds. The molecule has 3 heterocycles. The molecule has 0 unspecified atom stereocenters. The predicted molar refractivity (Wildman–Crippen MR) is 146 cm³/mol. The van der Waals surface area contributed by atoms with Gasteiger partial charge in [-0.1, -0.05) is 40.9 Å². The highest BCUT2D eigenvalue weighted by atomic mass is 35.5. The van der Waals surface area contributed by atoms with Crippen LogP contribution in [0.5, 0.6) is 5.75 Å². The number of aryl methyl sites for hydroxylation is 1. The molecule has 2 atom stereocenters. The predicted octanol–water partition coefficient (Wildman–Crippen LogP) is 7.33. The number of phenols is 1. The molecule has 1 saturated heterocycles. The normalized spacial score (nSPS) is 17.6. The van der Waals surface area contributed by atoms with Crippen LogP contribution in [0.2, 0.25) is 15.1 Å². The highest BCUT2D eigenvalue weighted by Crippen LogP contribution is 2.46. The molecule has 2 N–H and O–H groups in total. The fraction of sp³-hybridized carbons (Fsp3) is 0.154. The molecule has 0 saturated carbocycles. The number of hydrogen-bond donors (Lipinski definition) is 2. The van der Waals surface area contributed by atoms with Gasteiger partial charge in [0.25, 0.3) is 0 Å². The van der Waals surface area contributed by atoms with Crippen molar-refractivity contribution in [3.8, 4) is 11.4 Å². The molecule has 1 aliphatic heterocycles. The van der Waals surface area contributed by atoms with Gasteiger partial charge in [0.2, 0.25) is 0 Å². The summed E-state index contributed by atoms with van der Waals surface area (Å²) in [6, 6.07) is 17.7. The maximum absolute atomic E-state index is 10.8. The molecule has 0 radical (unpaired) electrons. The molecule has 0 spiro atoms. The van der Waals surface area contributed by atoms with E-state index in [1.165, 1.54) is 0 Å². The first-order valence-electron chi connectivity index (χ1n) is 10.9. The number of hydrogen-bond acceptors (Lipinski definition) is 3. The molecule has 0 bridgehead atoms. The number of thiocarbonyl (C=S) groups is 1. The van der Waals surface area contributed by atoms with Gasteiger partial charge in [0.15, 0.2) is 5.11 Å². The van der Waals surface area contributed by atoms with E-state index >= 15 is 0 Å². The molecule has 1 aliphatic rings. The lowest BCUT2D eigenvalue weighted by Crippen LogP contribution is -2.29. The molecule has 5 rings (SSSR count). The topological polar surface area (TPSA) is 53.3 Å². The second-order valence-electron chi connectivity index (χ2n) is 8.39. The van der Waals surface area contributed by atoms with Gasteiger partial charge in [-0.15, -0.1) is 0 Å². The summed E-state index contributed by atoms with van der Waals surface area (Å²) < 4.78 is 2.10. The molecular formula is C26H21Cl3N4OS. The van der Waals surface area contributed by atoms with Crippen molar-refractivity contribution in [1.29, 1.82) is 0 Å². The lowest BCUT2D eigenvalue weighted by molar-refractivity contribution is 0.472. The summed E-state index contributed by atoms with van der Waals surface area (Å²) in [5.74, 6) is 0.0831. The third-order valence-corrected chi connectivity index (χ3v) is 7.32. The SMILES string of the molecule is Cc1cc([C@@H]2[C@@H](c3ccccn3)NC(=S)N2c2cc(Cl)ccc2O)c(C)n1-c1ccc(Cl)cc1Cl. The summed E-state index contributed by atoms with van der Waals surface area (Å²) in [6.07, 6.45) is 1.76. The quantitative estimate of drug-likeness (QED) is 0.264. The van der Waals surface area contributed by atoms with Crippen molar-refractivity contribution in [2.24, 2.45) is 0 Å². The van der Waals surface area contributed by atoms with Crippen molar-refractivity contribution in [3.63, 3.8) is 0 Å². The molecule has 4 aromatic rings. The minimum Gasteiger partial charge on any atom is -0.506 e. The van der Waals surface area contributed by atoms with Crippen molar-refractivity contribution in [2.45, 2.75) is 25.9 Å². The van der Waals surface area contributed by atoms with Crippen LogP contribution in [-0.2, 0) is 0 Å². The monoisotopic (exact) mass is 542 g/mol. The molecule has 5 nitrogen and oxygen atoms in total. The number of nitrogens with zero attached hydrogens (tertiary/aromatic N) is 3. The van der Waals surface area contributed by atoms with E-state index in [2.05, 4.69) is 20.9 Å². The van der Waals surface area contributed by atoms with Gasteiger partial charge in [0, 0.05) is 27.6 Å². The fourth-order valence-electron chi connectivity index (χ4n) is 4.74.